The Balaban J connectivity index is 1.94. The number of rotatable bonds is 14. The van der Waals surface area contributed by atoms with Gasteiger partial charge in [-0.15, -0.1) is 0 Å². The molecular formula is C26H33F2NO6. The number of carbonyl (C=O) groups excluding carboxylic acids is 1. The van der Waals surface area contributed by atoms with Gasteiger partial charge in [-0.1, -0.05) is 26.0 Å². The van der Waals surface area contributed by atoms with Crippen LogP contribution < -0.4 is 9.47 Å². The summed E-state index contributed by atoms with van der Waals surface area (Å²) in [7, 11) is 0. The molecule has 2 rings (SSSR count). The first kappa shape index (κ1) is 28.0. The van der Waals surface area contributed by atoms with Gasteiger partial charge in [0.2, 0.25) is 0 Å². The van der Waals surface area contributed by atoms with E-state index in [0.717, 1.165) is 30.5 Å². The molecule has 0 aliphatic heterocycles. The van der Waals surface area contributed by atoms with Crippen LogP contribution in [-0.2, 0) is 16.0 Å². The highest BCUT2D eigenvalue weighted by molar-refractivity contribution is 5.72. The van der Waals surface area contributed by atoms with E-state index >= 15 is 0 Å². The summed E-state index contributed by atoms with van der Waals surface area (Å²) in [5, 5.41) is 9.22. The zero-order valence-corrected chi connectivity index (χ0v) is 20.3. The molecule has 35 heavy (non-hydrogen) atoms. The maximum absolute atomic E-state index is 13.9. The van der Waals surface area contributed by atoms with E-state index in [1.807, 2.05) is 0 Å². The van der Waals surface area contributed by atoms with Crippen LogP contribution in [0.2, 0.25) is 0 Å². The molecule has 0 radical (unpaired) electrons. The molecular weight excluding hydrogens is 460 g/mol. The second-order valence-electron chi connectivity index (χ2n) is 8.44. The third-order valence-corrected chi connectivity index (χ3v) is 5.18. The number of carboxylic acid groups (broad SMARTS) is 1. The van der Waals surface area contributed by atoms with Crippen LogP contribution in [0.4, 0.5) is 13.6 Å². The van der Waals surface area contributed by atoms with E-state index < -0.39 is 29.8 Å². The maximum atomic E-state index is 13.9. The van der Waals surface area contributed by atoms with E-state index in [-0.39, 0.29) is 25.3 Å². The first-order valence-electron chi connectivity index (χ1n) is 11.7. The van der Waals surface area contributed by atoms with Crippen molar-refractivity contribution in [3.8, 4) is 11.5 Å². The molecule has 0 aliphatic rings. The Kier molecular flexibility index (Phi) is 11.4. The second-order valence-corrected chi connectivity index (χ2v) is 8.44. The molecule has 0 saturated carbocycles. The lowest BCUT2D eigenvalue weighted by atomic mass is 10.1. The highest BCUT2D eigenvalue weighted by atomic mass is 19.1. The Morgan fingerprint density at radius 2 is 1.77 bits per heavy atom. The van der Waals surface area contributed by atoms with Gasteiger partial charge in [0.1, 0.15) is 18.2 Å². The topological polar surface area (TPSA) is 85.3 Å². The number of hydrogen-bond acceptors (Lipinski definition) is 5. The van der Waals surface area contributed by atoms with Gasteiger partial charge in [0.15, 0.2) is 17.7 Å². The van der Waals surface area contributed by atoms with E-state index in [4.69, 9.17) is 14.2 Å². The fourth-order valence-corrected chi connectivity index (χ4v) is 3.33. The van der Waals surface area contributed by atoms with Gasteiger partial charge in [-0.05, 0) is 55.5 Å². The minimum absolute atomic E-state index is 0.165. The number of carbonyl (C=O) groups is 2. The van der Waals surface area contributed by atoms with Crippen molar-refractivity contribution in [2.24, 2.45) is 5.92 Å². The smallest absolute Gasteiger partial charge is 0.415 e. The minimum Gasteiger partial charge on any atom is -0.492 e. The number of halogens is 2. The Bertz CT molecular complexity index is 951. The molecule has 0 saturated heterocycles. The lowest BCUT2D eigenvalue weighted by Gasteiger charge is -2.22. The van der Waals surface area contributed by atoms with E-state index in [1.165, 1.54) is 4.90 Å². The highest BCUT2D eigenvalue weighted by Gasteiger charge is 2.19. The molecule has 1 atom stereocenters. The van der Waals surface area contributed by atoms with E-state index in [2.05, 4.69) is 13.8 Å². The molecule has 0 bridgehead atoms. The first-order chi connectivity index (χ1) is 16.7. The van der Waals surface area contributed by atoms with E-state index in [0.29, 0.717) is 30.9 Å². The van der Waals surface area contributed by atoms with Gasteiger partial charge in [0.05, 0.1) is 6.54 Å². The van der Waals surface area contributed by atoms with Crippen molar-refractivity contribution in [3.63, 3.8) is 0 Å². The van der Waals surface area contributed by atoms with Gasteiger partial charge in [-0.25, -0.2) is 18.4 Å². The number of amides is 1. The summed E-state index contributed by atoms with van der Waals surface area (Å²) in [4.78, 5) is 25.3. The number of ether oxygens (including phenoxy) is 3. The van der Waals surface area contributed by atoms with Crippen LogP contribution in [0.1, 0.15) is 39.2 Å². The van der Waals surface area contributed by atoms with Crippen LogP contribution in [0.5, 0.6) is 11.5 Å². The number of benzene rings is 2. The molecule has 0 spiro atoms. The van der Waals surface area contributed by atoms with Gasteiger partial charge in [-0.2, -0.15) is 0 Å². The predicted octanol–water partition coefficient (Wildman–Crippen LogP) is 5.31. The quantitative estimate of drug-likeness (QED) is 0.384. The summed E-state index contributed by atoms with van der Waals surface area (Å²) in [5.41, 5.74) is 0.790. The third-order valence-electron chi connectivity index (χ3n) is 5.18. The predicted molar refractivity (Wildman–Crippen MR) is 127 cm³/mol. The van der Waals surface area contributed by atoms with Gasteiger partial charge < -0.3 is 24.2 Å². The zero-order chi connectivity index (χ0) is 25.8. The molecule has 1 amide bonds. The van der Waals surface area contributed by atoms with Crippen molar-refractivity contribution in [2.75, 3.05) is 26.3 Å². The summed E-state index contributed by atoms with van der Waals surface area (Å²) in [6, 6.07) is 9.71. The number of carboxylic acids is 1. The Hall–Kier alpha value is -3.20. The maximum Gasteiger partial charge on any atom is 0.415 e. The molecule has 2 aromatic rings. The van der Waals surface area contributed by atoms with Crippen molar-refractivity contribution in [1.82, 2.24) is 4.90 Å². The fraction of sp³-hybridized carbons (Fsp3) is 0.462. The largest absolute Gasteiger partial charge is 0.492 e. The van der Waals surface area contributed by atoms with Crippen molar-refractivity contribution in [1.29, 1.82) is 0 Å². The molecule has 0 aliphatic carbocycles. The second kappa shape index (κ2) is 14.3. The summed E-state index contributed by atoms with van der Waals surface area (Å²) < 4.78 is 43.1. The van der Waals surface area contributed by atoms with Crippen molar-refractivity contribution >= 4 is 12.1 Å². The van der Waals surface area contributed by atoms with Crippen LogP contribution >= 0.6 is 0 Å². The van der Waals surface area contributed by atoms with Gasteiger partial charge in [-0.3, -0.25) is 0 Å². The Morgan fingerprint density at radius 1 is 1.06 bits per heavy atom. The van der Waals surface area contributed by atoms with Crippen LogP contribution in [0, 0.1) is 17.6 Å². The Labute approximate surface area is 204 Å². The number of aliphatic carboxylic acids is 1. The molecule has 7 nitrogen and oxygen atoms in total. The van der Waals surface area contributed by atoms with Crippen LogP contribution in [0.25, 0.3) is 0 Å². The highest BCUT2D eigenvalue weighted by Crippen LogP contribution is 2.19. The average molecular weight is 494 g/mol. The summed E-state index contributed by atoms with van der Waals surface area (Å²) in [5.74, 6) is -2.05. The van der Waals surface area contributed by atoms with Gasteiger partial charge in [0.25, 0.3) is 0 Å². The number of nitrogens with zero attached hydrogens (tertiary/aromatic N) is 1. The summed E-state index contributed by atoms with van der Waals surface area (Å²) in [6.45, 7) is 6.97. The Morgan fingerprint density at radius 3 is 2.37 bits per heavy atom. The van der Waals surface area contributed by atoms with E-state index in [1.54, 1.807) is 31.2 Å². The molecule has 0 heterocycles. The zero-order valence-electron chi connectivity index (χ0n) is 20.3. The summed E-state index contributed by atoms with van der Waals surface area (Å²) >= 11 is 0. The third kappa shape index (κ3) is 9.90. The van der Waals surface area contributed by atoms with Gasteiger partial charge >= 0.3 is 12.1 Å². The van der Waals surface area contributed by atoms with Crippen molar-refractivity contribution < 1.29 is 37.7 Å². The normalized spacial score (nSPS) is 11.8. The molecule has 2 aromatic carbocycles. The van der Waals surface area contributed by atoms with Gasteiger partial charge in [0, 0.05) is 25.6 Å². The molecule has 0 aromatic heterocycles. The van der Waals surface area contributed by atoms with Crippen LogP contribution in [-0.4, -0.2) is 54.5 Å². The van der Waals surface area contributed by atoms with Crippen LogP contribution in [0.15, 0.2) is 42.5 Å². The monoisotopic (exact) mass is 493 g/mol. The lowest BCUT2D eigenvalue weighted by molar-refractivity contribution is -0.149. The van der Waals surface area contributed by atoms with Crippen LogP contribution in [0.3, 0.4) is 0 Å². The molecule has 192 valence electrons. The standard InChI is InChI=1S/C26H33F2NO6/c1-4-33-24(25(30)31)16-19-7-10-21(11-8-19)34-15-14-29(13-5-6-18(2)3)26(32)35-23-12-9-20(27)17-22(23)28/h7-12,17-18,24H,4-6,13-16H2,1-3H3,(H,30,31). The van der Waals surface area contributed by atoms with E-state index in [9.17, 15) is 23.5 Å². The SMILES string of the molecule is CCOC(Cc1ccc(OCCN(CCCC(C)C)C(=O)Oc2ccc(F)cc2F)cc1)C(=O)O. The van der Waals surface area contributed by atoms with Crippen molar-refractivity contribution in [2.45, 2.75) is 46.1 Å². The first-order valence-corrected chi connectivity index (χ1v) is 11.7. The number of hydrogen-bond donors (Lipinski definition) is 1. The van der Waals surface area contributed by atoms with Crippen molar-refractivity contribution in [3.05, 3.63) is 59.7 Å². The average Bonchev–Trinajstić information content (AvgIpc) is 2.80. The molecule has 9 heteroatoms. The molecule has 0 fully saturated rings. The molecule has 1 N–H and O–H groups in total. The minimum atomic E-state index is -1.02. The lowest BCUT2D eigenvalue weighted by Crippen LogP contribution is -2.37. The summed E-state index contributed by atoms with van der Waals surface area (Å²) in [6.07, 6.45) is 0.212. The molecule has 1 unspecified atom stereocenters. The fourth-order valence-electron chi connectivity index (χ4n) is 3.33.